The summed E-state index contributed by atoms with van der Waals surface area (Å²) in [5.74, 6) is 0.690. The predicted molar refractivity (Wildman–Crippen MR) is 81.2 cm³/mol. The summed E-state index contributed by atoms with van der Waals surface area (Å²) >= 11 is 0. The molecular formula is C15H18N6O. The van der Waals surface area contributed by atoms with E-state index in [0.29, 0.717) is 19.5 Å². The van der Waals surface area contributed by atoms with Gasteiger partial charge in [0.2, 0.25) is 5.91 Å². The van der Waals surface area contributed by atoms with Gasteiger partial charge < -0.3 is 5.32 Å². The van der Waals surface area contributed by atoms with Gasteiger partial charge >= 0.3 is 0 Å². The van der Waals surface area contributed by atoms with E-state index in [2.05, 4.69) is 20.6 Å². The van der Waals surface area contributed by atoms with Gasteiger partial charge in [0, 0.05) is 24.9 Å². The molecule has 0 aliphatic heterocycles. The van der Waals surface area contributed by atoms with Gasteiger partial charge in [-0.25, -0.2) is 0 Å². The van der Waals surface area contributed by atoms with Crippen LogP contribution >= 0.6 is 0 Å². The lowest BCUT2D eigenvalue weighted by atomic mass is 10.3. The van der Waals surface area contributed by atoms with Gasteiger partial charge in [-0.3, -0.25) is 13.9 Å². The zero-order chi connectivity index (χ0) is 15.5. The first kappa shape index (κ1) is 14.2. The van der Waals surface area contributed by atoms with Gasteiger partial charge in [-0.2, -0.15) is 5.10 Å². The van der Waals surface area contributed by atoms with Crippen LogP contribution in [0.15, 0.2) is 30.5 Å². The number of amides is 1. The fraction of sp³-hybridized carbons (Fsp3) is 0.333. The molecule has 1 N–H and O–H groups in total. The Morgan fingerprint density at radius 1 is 1.27 bits per heavy atom. The zero-order valence-electron chi connectivity index (χ0n) is 12.7. The molecule has 3 heterocycles. The number of aromatic nitrogens is 5. The quantitative estimate of drug-likeness (QED) is 0.769. The summed E-state index contributed by atoms with van der Waals surface area (Å²) in [7, 11) is 0. The molecule has 22 heavy (non-hydrogen) atoms. The average Bonchev–Trinajstić information content (AvgIpc) is 3.06. The Bertz CT molecular complexity index is 803. The Labute approximate surface area is 128 Å². The van der Waals surface area contributed by atoms with Crippen LogP contribution in [0.2, 0.25) is 0 Å². The molecule has 0 aliphatic rings. The molecule has 0 fully saturated rings. The minimum absolute atomic E-state index is 0.0276. The van der Waals surface area contributed by atoms with Crippen LogP contribution in [0.25, 0.3) is 5.65 Å². The number of hydrogen-bond donors (Lipinski definition) is 1. The maximum atomic E-state index is 12.0. The minimum atomic E-state index is -0.0276. The van der Waals surface area contributed by atoms with E-state index in [-0.39, 0.29) is 5.91 Å². The first-order valence-corrected chi connectivity index (χ1v) is 7.20. The summed E-state index contributed by atoms with van der Waals surface area (Å²) in [5.41, 5.74) is 2.80. The van der Waals surface area contributed by atoms with Crippen molar-refractivity contribution in [2.75, 3.05) is 0 Å². The van der Waals surface area contributed by atoms with E-state index in [1.165, 1.54) is 0 Å². The van der Waals surface area contributed by atoms with E-state index in [0.717, 1.165) is 22.9 Å². The molecule has 3 rings (SSSR count). The molecule has 3 aromatic rings. The minimum Gasteiger partial charge on any atom is -0.349 e. The third kappa shape index (κ3) is 2.98. The molecule has 1 amide bonds. The molecule has 0 atom stereocenters. The molecule has 7 heteroatoms. The highest BCUT2D eigenvalue weighted by Crippen LogP contribution is 2.04. The Hall–Kier alpha value is -2.70. The predicted octanol–water partition coefficient (Wildman–Crippen LogP) is 1.25. The van der Waals surface area contributed by atoms with E-state index in [1.807, 2.05) is 53.4 Å². The Morgan fingerprint density at radius 2 is 2.14 bits per heavy atom. The molecule has 0 aliphatic carbocycles. The molecule has 0 spiro atoms. The van der Waals surface area contributed by atoms with Gasteiger partial charge in [0.25, 0.3) is 0 Å². The van der Waals surface area contributed by atoms with Crippen LogP contribution in [0.1, 0.15) is 23.6 Å². The van der Waals surface area contributed by atoms with Gasteiger partial charge in [0.15, 0.2) is 11.5 Å². The molecule has 0 saturated carbocycles. The Morgan fingerprint density at radius 3 is 2.91 bits per heavy atom. The molecule has 0 bridgehead atoms. The maximum absolute atomic E-state index is 12.0. The average molecular weight is 298 g/mol. The molecule has 114 valence electrons. The number of aryl methyl sites for hydroxylation is 3. The monoisotopic (exact) mass is 298 g/mol. The SMILES string of the molecule is Cc1cc(C)n(CCC(=O)NCc2nnc3ccccn23)n1. The van der Waals surface area contributed by atoms with Crippen molar-refractivity contribution in [1.82, 2.24) is 29.7 Å². The highest BCUT2D eigenvalue weighted by atomic mass is 16.1. The second-order valence-corrected chi connectivity index (χ2v) is 5.22. The summed E-state index contributed by atoms with van der Waals surface area (Å²) in [5, 5.41) is 15.3. The van der Waals surface area contributed by atoms with Crippen LogP contribution in [0, 0.1) is 13.8 Å². The van der Waals surface area contributed by atoms with Crippen molar-refractivity contribution < 1.29 is 4.79 Å². The number of fused-ring (bicyclic) bond motifs is 1. The number of carbonyl (C=O) groups is 1. The first-order valence-electron chi connectivity index (χ1n) is 7.20. The molecule has 0 unspecified atom stereocenters. The molecule has 7 nitrogen and oxygen atoms in total. The summed E-state index contributed by atoms with van der Waals surface area (Å²) < 4.78 is 3.71. The summed E-state index contributed by atoms with van der Waals surface area (Å²) in [6.07, 6.45) is 2.27. The summed E-state index contributed by atoms with van der Waals surface area (Å²) in [6, 6.07) is 7.69. The lowest BCUT2D eigenvalue weighted by molar-refractivity contribution is -0.121. The molecule has 0 aromatic carbocycles. The Balaban J connectivity index is 1.55. The van der Waals surface area contributed by atoms with Crippen LogP contribution in [0.5, 0.6) is 0 Å². The standard InChI is InChI=1S/C15H18N6O/c1-11-9-12(2)21(19-11)8-6-15(22)16-10-14-18-17-13-5-3-4-7-20(13)14/h3-5,7,9H,6,8,10H2,1-2H3,(H,16,22). The zero-order valence-corrected chi connectivity index (χ0v) is 12.7. The lowest BCUT2D eigenvalue weighted by Gasteiger charge is -2.06. The lowest BCUT2D eigenvalue weighted by Crippen LogP contribution is -2.25. The van der Waals surface area contributed by atoms with Gasteiger partial charge in [0.05, 0.1) is 12.2 Å². The second kappa shape index (κ2) is 5.97. The van der Waals surface area contributed by atoms with Crippen molar-refractivity contribution >= 4 is 11.6 Å². The van der Waals surface area contributed by atoms with E-state index in [4.69, 9.17) is 0 Å². The van der Waals surface area contributed by atoms with Crippen molar-refractivity contribution in [3.05, 3.63) is 47.7 Å². The van der Waals surface area contributed by atoms with E-state index in [1.54, 1.807) is 0 Å². The normalized spacial score (nSPS) is 11.0. The van der Waals surface area contributed by atoms with Crippen LogP contribution < -0.4 is 5.32 Å². The van der Waals surface area contributed by atoms with Crippen LogP contribution in [-0.2, 0) is 17.9 Å². The number of hydrogen-bond acceptors (Lipinski definition) is 4. The van der Waals surface area contributed by atoms with Crippen molar-refractivity contribution in [3.63, 3.8) is 0 Å². The van der Waals surface area contributed by atoms with E-state index >= 15 is 0 Å². The fourth-order valence-electron chi connectivity index (χ4n) is 2.39. The number of nitrogens with one attached hydrogen (secondary N) is 1. The highest BCUT2D eigenvalue weighted by Gasteiger charge is 2.08. The number of carbonyl (C=O) groups excluding carboxylic acids is 1. The highest BCUT2D eigenvalue weighted by molar-refractivity contribution is 5.75. The van der Waals surface area contributed by atoms with Gasteiger partial charge in [0.1, 0.15) is 0 Å². The third-order valence-electron chi connectivity index (χ3n) is 3.48. The number of rotatable bonds is 5. The van der Waals surface area contributed by atoms with Gasteiger partial charge in [-0.1, -0.05) is 6.07 Å². The van der Waals surface area contributed by atoms with E-state index in [9.17, 15) is 4.79 Å². The van der Waals surface area contributed by atoms with Crippen molar-refractivity contribution in [1.29, 1.82) is 0 Å². The van der Waals surface area contributed by atoms with Crippen LogP contribution in [0.3, 0.4) is 0 Å². The fourth-order valence-corrected chi connectivity index (χ4v) is 2.39. The third-order valence-corrected chi connectivity index (χ3v) is 3.48. The van der Waals surface area contributed by atoms with Crippen molar-refractivity contribution in [2.45, 2.75) is 33.4 Å². The smallest absolute Gasteiger partial charge is 0.222 e. The molecule has 0 radical (unpaired) electrons. The Kier molecular flexibility index (Phi) is 3.86. The number of nitrogens with zero attached hydrogens (tertiary/aromatic N) is 5. The summed E-state index contributed by atoms with van der Waals surface area (Å²) in [4.78, 5) is 12.0. The molecule has 0 saturated heterocycles. The first-order chi connectivity index (χ1) is 10.6. The van der Waals surface area contributed by atoms with Crippen LogP contribution in [0.4, 0.5) is 0 Å². The van der Waals surface area contributed by atoms with Crippen molar-refractivity contribution in [3.8, 4) is 0 Å². The topological polar surface area (TPSA) is 77.1 Å². The maximum Gasteiger partial charge on any atom is 0.222 e. The van der Waals surface area contributed by atoms with Crippen molar-refractivity contribution in [2.24, 2.45) is 0 Å². The van der Waals surface area contributed by atoms with Gasteiger partial charge in [-0.05, 0) is 32.0 Å². The van der Waals surface area contributed by atoms with Crippen LogP contribution in [-0.4, -0.2) is 30.3 Å². The number of pyridine rings is 1. The molecular weight excluding hydrogens is 280 g/mol. The second-order valence-electron chi connectivity index (χ2n) is 5.22. The molecule has 3 aromatic heterocycles. The van der Waals surface area contributed by atoms with E-state index < -0.39 is 0 Å². The largest absolute Gasteiger partial charge is 0.349 e. The van der Waals surface area contributed by atoms with Gasteiger partial charge in [-0.15, -0.1) is 10.2 Å². The summed E-state index contributed by atoms with van der Waals surface area (Å²) in [6.45, 7) is 4.87.